The molecule has 0 saturated carbocycles. The van der Waals surface area contributed by atoms with Crippen LogP contribution in [0.15, 0.2) is 140 Å². The zero-order chi connectivity index (χ0) is 32.6. The van der Waals surface area contributed by atoms with E-state index in [2.05, 4.69) is 111 Å². The minimum atomic E-state index is -0.260. The van der Waals surface area contributed by atoms with Crippen molar-refractivity contribution in [1.82, 2.24) is 4.98 Å². The van der Waals surface area contributed by atoms with Crippen LogP contribution in [-0.2, 0) is 5.41 Å². The van der Waals surface area contributed by atoms with Gasteiger partial charge in [0.25, 0.3) is 0 Å². The maximum Gasteiger partial charge on any atom is 0.123 e. The van der Waals surface area contributed by atoms with Crippen molar-refractivity contribution in [2.45, 2.75) is 19.3 Å². The molecule has 8 aromatic rings. The van der Waals surface area contributed by atoms with E-state index in [9.17, 15) is 9.65 Å². The Balaban J connectivity index is 1.20. The molecule has 1 heterocycles. The van der Waals surface area contributed by atoms with E-state index < -0.39 is 0 Å². The summed E-state index contributed by atoms with van der Waals surface area (Å²) in [6, 6.07) is 49.7. The second-order valence-electron chi connectivity index (χ2n) is 13.2. The summed E-state index contributed by atoms with van der Waals surface area (Å²) in [5.74, 6) is -0.260. The standard InChI is InChI=1S/C45H29FN2/c1-45(2)40-23-27(26-47)13-19-35(40)36-20-16-30(25-41(36)45)29-7-5-8-31(24-29)33-10-6-11-37-34(33)21-22-39-43(37)38-9-3-4-12-42(38)48-44(39)28-14-17-32(46)18-15-28/h3-25H,1-2H3. The largest absolute Gasteiger partial charge is 0.247 e. The van der Waals surface area contributed by atoms with Crippen LogP contribution in [0.2, 0.25) is 0 Å². The van der Waals surface area contributed by atoms with Crippen molar-refractivity contribution in [3.05, 3.63) is 162 Å². The Morgan fingerprint density at radius 2 is 1.21 bits per heavy atom. The molecule has 0 aliphatic heterocycles. The van der Waals surface area contributed by atoms with Gasteiger partial charge in [-0.1, -0.05) is 98.8 Å². The first-order valence-electron chi connectivity index (χ1n) is 16.2. The van der Waals surface area contributed by atoms with Gasteiger partial charge in [0.2, 0.25) is 0 Å². The number of para-hydroxylation sites is 1. The molecular weight excluding hydrogens is 588 g/mol. The highest BCUT2D eigenvalue weighted by Crippen LogP contribution is 2.50. The van der Waals surface area contributed by atoms with Crippen LogP contribution in [0, 0.1) is 17.1 Å². The molecule has 226 valence electrons. The predicted molar refractivity (Wildman–Crippen MR) is 195 cm³/mol. The topological polar surface area (TPSA) is 36.7 Å². The monoisotopic (exact) mass is 616 g/mol. The third kappa shape index (κ3) is 4.20. The molecule has 0 N–H and O–H groups in total. The van der Waals surface area contributed by atoms with Gasteiger partial charge in [0.15, 0.2) is 0 Å². The first kappa shape index (κ1) is 28.1. The van der Waals surface area contributed by atoms with Crippen LogP contribution < -0.4 is 0 Å². The molecule has 0 fully saturated rings. The molecule has 2 nitrogen and oxygen atoms in total. The normalized spacial score (nSPS) is 13.0. The second-order valence-corrected chi connectivity index (χ2v) is 13.2. The zero-order valence-electron chi connectivity index (χ0n) is 26.6. The molecule has 9 rings (SSSR count). The molecule has 0 amide bonds. The summed E-state index contributed by atoms with van der Waals surface area (Å²) in [4.78, 5) is 5.06. The number of fused-ring (bicyclic) bond motifs is 8. The highest BCUT2D eigenvalue weighted by atomic mass is 19.1. The molecule has 0 bridgehead atoms. The maximum atomic E-state index is 13.9. The molecule has 0 atom stereocenters. The quantitative estimate of drug-likeness (QED) is 0.185. The molecule has 48 heavy (non-hydrogen) atoms. The van der Waals surface area contributed by atoms with Crippen LogP contribution in [0.5, 0.6) is 0 Å². The number of halogens is 1. The van der Waals surface area contributed by atoms with Crippen LogP contribution in [-0.4, -0.2) is 4.98 Å². The average Bonchev–Trinajstić information content (AvgIpc) is 3.36. The number of nitrogens with zero attached hydrogens (tertiary/aromatic N) is 2. The van der Waals surface area contributed by atoms with Crippen molar-refractivity contribution in [3.63, 3.8) is 0 Å². The Morgan fingerprint density at radius 3 is 2.04 bits per heavy atom. The number of nitriles is 1. The Hall–Kier alpha value is -6.11. The van der Waals surface area contributed by atoms with Gasteiger partial charge in [-0.05, 0) is 110 Å². The highest BCUT2D eigenvalue weighted by Gasteiger charge is 2.35. The summed E-state index contributed by atoms with van der Waals surface area (Å²) in [5, 5.41) is 15.2. The molecule has 0 unspecified atom stereocenters. The van der Waals surface area contributed by atoms with Crippen molar-refractivity contribution in [1.29, 1.82) is 5.26 Å². The fourth-order valence-electron chi connectivity index (χ4n) is 7.74. The minimum absolute atomic E-state index is 0.202. The summed E-state index contributed by atoms with van der Waals surface area (Å²) in [6.45, 7) is 4.50. The van der Waals surface area contributed by atoms with Crippen molar-refractivity contribution in [2.24, 2.45) is 0 Å². The lowest BCUT2D eigenvalue weighted by Gasteiger charge is -2.22. The number of benzene rings is 7. The Bertz CT molecular complexity index is 2660. The average molecular weight is 617 g/mol. The molecule has 0 spiro atoms. The van der Waals surface area contributed by atoms with E-state index in [1.54, 1.807) is 12.1 Å². The van der Waals surface area contributed by atoms with E-state index in [1.807, 2.05) is 24.3 Å². The first-order chi connectivity index (χ1) is 23.4. The first-order valence-corrected chi connectivity index (χ1v) is 16.2. The lowest BCUT2D eigenvalue weighted by molar-refractivity contribution is 0.628. The van der Waals surface area contributed by atoms with Crippen LogP contribution in [0.25, 0.3) is 77.1 Å². The maximum absolute atomic E-state index is 13.9. The summed E-state index contributed by atoms with van der Waals surface area (Å²) in [6.07, 6.45) is 0. The third-order valence-corrected chi connectivity index (χ3v) is 10.2. The number of aromatic nitrogens is 1. The zero-order valence-corrected chi connectivity index (χ0v) is 26.6. The van der Waals surface area contributed by atoms with Gasteiger partial charge < -0.3 is 0 Å². The van der Waals surface area contributed by atoms with Crippen LogP contribution in [0.1, 0.15) is 30.5 Å². The van der Waals surface area contributed by atoms with Crippen molar-refractivity contribution in [2.75, 3.05) is 0 Å². The fourth-order valence-corrected chi connectivity index (χ4v) is 7.74. The van der Waals surface area contributed by atoms with E-state index in [-0.39, 0.29) is 11.2 Å². The van der Waals surface area contributed by atoms with E-state index in [4.69, 9.17) is 4.98 Å². The van der Waals surface area contributed by atoms with E-state index in [0.29, 0.717) is 5.56 Å². The molecule has 7 aromatic carbocycles. The summed E-state index contributed by atoms with van der Waals surface area (Å²) in [5.41, 5.74) is 12.7. The van der Waals surface area contributed by atoms with Gasteiger partial charge in [0, 0.05) is 27.1 Å². The molecular formula is C45H29FN2. The Labute approximate surface area is 278 Å². The van der Waals surface area contributed by atoms with Crippen LogP contribution in [0.4, 0.5) is 4.39 Å². The lowest BCUT2D eigenvalue weighted by Crippen LogP contribution is -2.15. The lowest BCUT2D eigenvalue weighted by atomic mass is 9.81. The van der Waals surface area contributed by atoms with Gasteiger partial charge in [0.05, 0.1) is 22.8 Å². The summed E-state index contributed by atoms with van der Waals surface area (Å²) in [7, 11) is 0. The summed E-state index contributed by atoms with van der Waals surface area (Å²) < 4.78 is 13.9. The van der Waals surface area contributed by atoms with Crippen molar-refractivity contribution >= 4 is 32.4 Å². The number of pyridine rings is 1. The fraction of sp³-hybridized carbons (Fsp3) is 0.0667. The predicted octanol–water partition coefficient (Wildman–Crippen LogP) is 11.9. The van der Waals surface area contributed by atoms with Gasteiger partial charge in [-0.2, -0.15) is 5.26 Å². The van der Waals surface area contributed by atoms with E-state index >= 15 is 0 Å². The molecule has 0 radical (unpaired) electrons. The van der Waals surface area contributed by atoms with Crippen LogP contribution in [0.3, 0.4) is 0 Å². The van der Waals surface area contributed by atoms with Gasteiger partial charge in [-0.15, -0.1) is 0 Å². The van der Waals surface area contributed by atoms with Gasteiger partial charge in [0.1, 0.15) is 5.82 Å². The molecule has 1 aliphatic carbocycles. The number of rotatable bonds is 3. The van der Waals surface area contributed by atoms with Gasteiger partial charge in [-0.3, -0.25) is 0 Å². The van der Waals surface area contributed by atoms with Gasteiger partial charge >= 0.3 is 0 Å². The SMILES string of the molecule is CC1(C)c2cc(C#N)ccc2-c2ccc(-c3cccc(-c4cccc5c4ccc4c(-c6ccc(F)cc6)nc6ccccc6c45)c3)cc21. The minimum Gasteiger partial charge on any atom is -0.247 e. The molecule has 3 heteroatoms. The smallest absolute Gasteiger partial charge is 0.123 e. The van der Waals surface area contributed by atoms with Crippen molar-refractivity contribution < 1.29 is 4.39 Å². The summed E-state index contributed by atoms with van der Waals surface area (Å²) >= 11 is 0. The third-order valence-electron chi connectivity index (χ3n) is 10.2. The Kier molecular flexibility index (Phi) is 6.13. The highest BCUT2D eigenvalue weighted by molar-refractivity contribution is 6.24. The number of hydrogen-bond donors (Lipinski definition) is 0. The van der Waals surface area contributed by atoms with Gasteiger partial charge in [-0.25, -0.2) is 9.37 Å². The van der Waals surface area contributed by atoms with E-state index in [0.717, 1.165) is 49.4 Å². The molecule has 1 aromatic heterocycles. The van der Waals surface area contributed by atoms with Crippen LogP contribution >= 0.6 is 0 Å². The second kappa shape index (κ2) is 10.5. The molecule has 0 saturated heterocycles. The Morgan fingerprint density at radius 1 is 0.542 bits per heavy atom. The van der Waals surface area contributed by atoms with Crippen molar-refractivity contribution in [3.8, 4) is 50.7 Å². The number of hydrogen-bond acceptors (Lipinski definition) is 2. The van der Waals surface area contributed by atoms with E-state index in [1.165, 1.54) is 50.9 Å². The molecule has 1 aliphatic rings.